The van der Waals surface area contributed by atoms with Gasteiger partial charge >= 0.3 is 5.69 Å². The van der Waals surface area contributed by atoms with E-state index in [1.165, 1.54) is 12.3 Å². The number of aliphatic hydroxyl groups is 2. The van der Waals surface area contributed by atoms with E-state index in [1.807, 2.05) is 6.92 Å². The molecule has 0 fully saturated rings. The van der Waals surface area contributed by atoms with Gasteiger partial charge in [-0.1, -0.05) is 6.92 Å². The summed E-state index contributed by atoms with van der Waals surface area (Å²) in [5, 5.41) is 18.8. The number of ether oxygens (including phenoxy) is 1. The molecule has 0 radical (unpaired) electrons. The number of aliphatic hydroxyl groups excluding tert-OH is 2. The van der Waals surface area contributed by atoms with Gasteiger partial charge in [0.15, 0.2) is 6.23 Å². The van der Waals surface area contributed by atoms with E-state index in [4.69, 9.17) is 10.5 Å². The van der Waals surface area contributed by atoms with Crippen molar-refractivity contribution in [2.75, 3.05) is 12.3 Å². The molecule has 0 saturated carbocycles. The summed E-state index contributed by atoms with van der Waals surface area (Å²) in [6.45, 7) is 3.04. The van der Waals surface area contributed by atoms with Crippen LogP contribution in [0.3, 0.4) is 0 Å². The van der Waals surface area contributed by atoms with E-state index >= 15 is 0 Å². The van der Waals surface area contributed by atoms with Crippen LogP contribution in [0.2, 0.25) is 0 Å². The SMILES string of the molecule is CC[C@@H](O[C@H](CO)n1ccc(N)nc1=O)[C@@H](C)O. The lowest BCUT2D eigenvalue weighted by Gasteiger charge is -2.25. The van der Waals surface area contributed by atoms with Gasteiger partial charge in [0.1, 0.15) is 5.82 Å². The fourth-order valence-corrected chi connectivity index (χ4v) is 1.59. The maximum atomic E-state index is 11.6. The summed E-state index contributed by atoms with van der Waals surface area (Å²) in [6.07, 6.45) is -0.0794. The van der Waals surface area contributed by atoms with Gasteiger partial charge in [-0.05, 0) is 19.4 Å². The van der Waals surface area contributed by atoms with Crippen LogP contribution in [0.4, 0.5) is 5.82 Å². The third-order valence-electron chi connectivity index (χ3n) is 2.59. The zero-order chi connectivity index (χ0) is 13.7. The summed E-state index contributed by atoms with van der Waals surface area (Å²) in [5.41, 5.74) is 4.77. The summed E-state index contributed by atoms with van der Waals surface area (Å²) in [7, 11) is 0. The molecule has 7 nitrogen and oxygen atoms in total. The first kappa shape index (κ1) is 14.6. The number of nitrogen functional groups attached to an aromatic ring is 1. The Morgan fingerprint density at radius 2 is 2.28 bits per heavy atom. The van der Waals surface area contributed by atoms with Gasteiger partial charge in [-0.3, -0.25) is 4.57 Å². The smallest absolute Gasteiger partial charge is 0.351 e. The second kappa shape index (κ2) is 6.48. The Hall–Kier alpha value is -1.44. The second-order valence-corrected chi connectivity index (χ2v) is 4.00. The molecule has 0 aliphatic carbocycles. The lowest BCUT2D eigenvalue weighted by Crippen LogP contribution is -2.36. The molecule has 0 bridgehead atoms. The Morgan fingerprint density at radius 3 is 2.72 bits per heavy atom. The van der Waals surface area contributed by atoms with Crippen molar-refractivity contribution < 1.29 is 14.9 Å². The molecule has 1 aromatic rings. The molecule has 0 aliphatic heterocycles. The van der Waals surface area contributed by atoms with Crippen molar-refractivity contribution in [2.24, 2.45) is 0 Å². The van der Waals surface area contributed by atoms with E-state index < -0.39 is 30.7 Å². The summed E-state index contributed by atoms with van der Waals surface area (Å²) in [6, 6.07) is 1.44. The van der Waals surface area contributed by atoms with Gasteiger partial charge in [-0.25, -0.2) is 4.79 Å². The van der Waals surface area contributed by atoms with Gasteiger partial charge in [-0.2, -0.15) is 4.98 Å². The average Bonchev–Trinajstić information content (AvgIpc) is 2.31. The van der Waals surface area contributed by atoms with Gasteiger partial charge in [0.25, 0.3) is 0 Å². The third kappa shape index (κ3) is 3.52. The number of nitrogens with zero attached hydrogens (tertiary/aromatic N) is 2. The second-order valence-electron chi connectivity index (χ2n) is 4.00. The van der Waals surface area contributed by atoms with Gasteiger partial charge in [0.2, 0.25) is 0 Å². The first-order valence-electron chi connectivity index (χ1n) is 5.78. The molecule has 1 aromatic heterocycles. The summed E-state index contributed by atoms with van der Waals surface area (Å²) >= 11 is 0. The van der Waals surface area contributed by atoms with Crippen molar-refractivity contribution in [1.29, 1.82) is 0 Å². The molecule has 0 unspecified atom stereocenters. The fraction of sp³-hybridized carbons (Fsp3) is 0.636. The number of hydrogen-bond donors (Lipinski definition) is 3. The molecular formula is C11H19N3O4. The Kier molecular flexibility index (Phi) is 5.26. The number of nitrogens with two attached hydrogens (primary N) is 1. The van der Waals surface area contributed by atoms with Crippen molar-refractivity contribution in [3.63, 3.8) is 0 Å². The molecule has 18 heavy (non-hydrogen) atoms. The van der Waals surface area contributed by atoms with Crippen LogP contribution in [0.1, 0.15) is 26.5 Å². The maximum Gasteiger partial charge on any atom is 0.351 e. The number of aromatic nitrogens is 2. The first-order chi connectivity index (χ1) is 8.49. The summed E-state index contributed by atoms with van der Waals surface area (Å²) < 4.78 is 6.64. The third-order valence-corrected chi connectivity index (χ3v) is 2.59. The van der Waals surface area contributed by atoms with E-state index in [1.54, 1.807) is 6.92 Å². The van der Waals surface area contributed by atoms with E-state index in [2.05, 4.69) is 4.98 Å². The molecule has 1 rings (SSSR count). The predicted molar refractivity (Wildman–Crippen MR) is 65.9 cm³/mol. The van der Waals surface area contributed by atoms with Crippen molar-refractivity contribution in [1.82, 2.24) is 9.55 Å². The molecular weight excluding hydrogens is 238 g/mol. The molecule has 102 valence electrons. The van der Waals surface area contributed by atoms with Crippen molar-refractivity contribution in [3.05, 3.63) is 22.7 Å². The summed E-state index contributed by atoms with van der Waals surface area (Å²) in [4.78, 5) is 15.2. The van der Waals surface area contributed by atoms with E-state index in [0.29, 0.717) is 6.42 Å². The van der Waals surface area contributed by atoms with Crippen LogP contribution in [0.15, 0.2) is 17.1 Å². The van der Waals surface area contributed by atoms with Gasteiger partial charge in [0.05, 0.1) is 18.8 Å². The van der Waals surface area contributed by atoms with Crippen LogP contribution in [0.25, 0.3) is 0 Å². The standard InChI is InChI=1S/C11H19N3O4/c1-3-8(7(2)16)18-10(6-15)14-5-4-9(12)13-11(14)17/h4-5,7-8,10,15-16H,3,6H2,1-2H3,(H2,12,13,17)/t7-,8-,10-/m1/s1. The molecule has 0 aromatic carbocycles. The molecule has 0 amide bonds. The van der Waals surface area contributed by atoms with E-state index in [-0.39, 0.29) is 5.82 Å². The fourth-order valence-electron chi connectivity index (χ4n) is 1.59. The Labute approximate surface area is 105 Å². The first-order valence-corrected chi connectivity index (χ1v) is 5.78. The largest absolute Gasteiger partial charge is 0.392 e. The zero-order valence-electron chi connectivity index (χ0n) is 10.5. The van der Waals surface area contributed by atoms with Crippen LogP contribution >= 0.6 is 0 Å². The number of hydrogen-bond acceptors (Lipinski definition) is 6. The minimum Gasteiger partial charge on any atom is -0.392 e. The molecule has 0 saturated heterocycles. The normalized spacial score (nSPS) is 16.2. The highest BCUT2D eigenvalue weighted by molar-refractivity contribution is 5.23. The lowest BCUT2D eigenvalue weighted by molar-refractivity contribution is -0.120. The van der Waals surface area contributed by atoms with Gasteiger partial charge in [0, 0.05) is 6.20 Å². The Bertz CT molecular complexity index is 433. The molecule has 1 heterocycles. The quantitative estimate of drug-likeness (QED) is 0.633. The van der Waals surface area contributed by atoms with Crippen LogP contribution in [0, 0.1) is 0 Å². The predicted octanol–water partition coefficient (Wildman–Crippen LogP) is -0.508. The van der Waals surface area contributed by atoms with Crippen LogP contribution in [0.5, 0.6) is 0 Å². The highest BCUT2D eigenvalue weighted by Crippen LogP contribution is 2.14. The van der Waals surface area contributed by atoms with Crippen LogP contribution < -0.4 is 11.4 Å². The summed E-state index contributed by atoms with van der Waals surface area (Å²) in [5.74, 6) is 0.107. The topological polar surface area (TPSA) is 111 Å². The minimum absolute atomic E-state index is 0.107. The lowest BCUT2D eigenvalue weighted by atomic mass is 10.2. The van der Waals surface area contributed by atoms with Crippen molar-refractivity contribution in [3.8, 4) is 0 Å². The zero-order valence-corrected chi connectivity index (χ0v) is 10.5. The molecule has 7 heteroatoms. The average molecular weight is 257 g/mol. The molecule has 4 N–H and O–H groups in total. The highest BCUT2D eigenvalue weighted by Gasteiger charge is 2.21. The van der Waals surface area contributed by atoms with Gasteiger partial charge in [-0.15, -0.1) is 0 Å². The number of rotatable bonds is 6. The van der Waals surface area contributed by atoms with E-state index in [0.717, 1.165) is 4.57 Å². The Balaban J connectivity index is 2.92. The molecule has 3 atom stereocenters. The maximum absolute atomic E-state index is 11.6. The van der Waals surface area contributed by atoms with Crippen LogP contribution in [-0.2, 0) is 4.74 Å². The molecule has 0 aliphatic rings. The van der Waals surface area contributed by atoms with Gasteiger partial charge < -0.3 is 20.7 Å². The van der Waals surface area contributed by atoms with Crippen molar-refractivity contribution in [2.45, 2.75) is 38.7 Å². The van der Waals surface area contributed by atoms with Crippen molar-refractivity contribution >= 4 is 5.82 Å². The Morgan fingerprint density at radius 1 is 1.61 bits per heavy atom. The van der Waals surface area contributed by atoms with E-state index in [9.17, 15) is 15.0 Å². The van der Waals surface area contributed by atoms with Crippen LogP contribution in [-0.4, -0.2) is 38.6 Å². The monoisotopic (exact) mass is 257 g/mol. The highest BCUT2D eigenvalue weighted by atomic mass is 16.5. The molecule has 0 spiro atoms. The number of anilines is 1. The minimum atomic E-state index is -0.884.